The molecule has 0 radical (unpaired) electrons. The van der Waals surface area contributed by atoms with E-state index in [1.54, 1.807) is 11.0 Å². The number of hydrogen-bond acceptors (Lipinski definition) is 3. The van der Waals surface area contributed by atoms with Crippen LogP contribution in [-0.4, -0.2) is 14.8 Å². The lowest BCUT2D eigenvalue weighted by molar-refractivity contribution is 0.355. The molecule has 0 saturated carbocycles. The van der Waals surface area contributed by atoms with E-state index in [2.05, 4.69) is 53.5 Å². The van der Waals surface area contributed by atoms with E-state index in [0.29, 0.717) is 6.04 Å². The lowest BCUT2D eigenvalue weighted by atomic mass is 9.71. The van der Waals surface area contributed by atoms with E-state index >= 15 is 0 Å². The minimum atomic E-state index is 0.276. The van der Waals surface area contributed by atoms with Crippen LogP contribution in [0.3, 0.4) is 0 Å². The Kier molecular flexibility index (Phi) is 3.34. The Morgan fingerprint density at radius 3 is 2.90 bits per heavy atom. The lowest BCUT2D eigenvalue weighted by Gasteiger charge is -2.37. The Bertz CT molecular complexity index is 600. The van der Waals surface area contributed by atoms with Crippen molar-refractivity contribution in [2.24, 2.45) is 7.05 Å². The molecule has 4 heteroatoms. The van der Waals surface area contributed by atoms with Gasteiger partial charge in [-0.1, -0.05) is 38.1 Å². The zero-order valence-corrected chi connectivity index (χ0v) is 12.4. The maximum Gasteiger partial charge on any atom is 0.164 e. The molecular weight excluding hydrogens is 248 g/mol. The topological polar surface area (TPSA) is 42.7 Å². The molecule has 106 valence electrons. The van der Waals surface area contributed by atoms with Crippen LogP contribution in [-0.2, 0) is 19.0 Å². The molecule has 1 N–H and O–H groups in total. The fraction of sp³-hybridized carbons (Fsp3) is 0.500. The maximum atomic E-state index is 4.32. The van der Waals surface area contributed by atoms with E-state index in [1.807, 2.05) is 7.05 Å². The molecule has 0 bridgehead atoms. The van der Waals surface area contributed by atoms with Crippen molar-refractivity contribution < 1.29 is 0 Å². The van der Waals surface area contributed by atoms with Crippen molar-refractivity contribution in [2.75, 3.05) is 0 Å². The maximum absolute atomic E-state index is 4.32. The molecular formula is C16H22N4. The molecule has 0 aliphatic heterocycles. The predicted octanol–water partition coefficient (Wildman–Crippen LogP) is 2.72. The summed E-state index contributed by atoms with van der Waals surface area (Å²) in [7, 11) is 1.90. The van der Waals surface area contributed by atoms with Crippen molar-refractivity contribution in [1.29, 1.82) is 0 Å². The highest BCUT2D eigenvalue weighted by Crippen LogP contribution is 2.41. The molecule has 0 fully saturated rings. The fourth-order valence-electron chi connectivity index (χ4n) is 3.10. The fourth-order valence-corrected chi connectivity index (χ4v) is 3.10. The second-order valence-electron chi connectivity index (χ2n) is 6.28. The summed E-state index contributed by atoms with van der Waals surface area (Å²) in [6.07, 6.45) is 4.11. The normalized spacial score (nSPS) is 20.6. The summed E-state index contributed by atoms with van der Waals surface area (Å²) in [5, 5.41) is 7.93. The Morgan fingerprint density at radius 2 is 2.15 bits per heavy atom. The second kappa shape index (κ2) is 5.02. The van der Waals surface area contributed by atoms with Crippen LogP contribution in [0, 0.1) is 0 Å². The van der Waals surface area contributed by atoms with Crippen LogP contribution in [0.25, 0.3) is 0 Å². The average Bonchev–Trinajstić information content (AvgIpc) is 2.84. The van der Waals surface area contributed by atoms with E-state index in [9.17, 15) is 0 Å². The third-order valence-corrected chi connectivity index (χ3v) is 4.28. The quantitative estimate of drug-likeness (QED) is 0.932. The van der Waals surface area contributed by atoms with Crippen LogP contribution in [0.4, 0.5) is 0 Å². The highest BCUT2D eigenvalue weighted by atomic mass is 15.3. The van der Waals surface area contributed by atoms with Crippen molar-refractivity contribution in [3.63, 3.8) is 0 Å². The number of nitrogens with one attached hydrogen (secondary N) is 1. The van der Waals surface area contributed by atoms with Gasteiger partial charge in [0, 0.05) is 13.1 Å². The van der Waals surface area contributed by atoms with Gasteiger partial charge < -0.3 is 5.32 Å². The molecule has 1 aliphatic carbocycles. The smallest absolute Gasteiger partial charge is 0.164 e. The molecule has 4 nitrogen and oxygen atoms in total. The van der Waals surface area contributed by atoms with Gasteiger partial charge in [0.05, 0.1) is 6.54 Å². The first-order valence-electron chi connectivity index (χ1n) is 7.23. The highest BCUT2D eigenvalue weighted by molar-refractivity contribution is 5.38. The van der Waals surface area contributed by atoms with Gasteiger partial charge in [0.2, 0.25) is 0 Å². The van der Waals surface area contributed by atoms with Crippen LogP contribution in [0.15, 0.2) is 30.6 Å². The molecule has 2 aromatic rings. The Labute approximate surface area is 120 Å². The van der Waals surface area contributed by atoms with Gasteiger partial charge >= 0.3 is 0 Å². The van der Waals surface area contributed by atoms with Crippen LogP contribution in [0.2, 0.25) is 0 Å². The summed E-state index contributed by atoms with van der Waals surface area (Å²) in [5.74, 6) is 0.856. The monoisotopic (exact) mass is 270 g/mol. The Hall–Kier alpha value is -1.68. The number of hydrogen-bond donors (Lipinski definition) is 1. The molecule has 1 atom stereocenters. The van der Waals surface area contributed by atoms with Crippen molar-refractivity contribution in [2.45, 2.75) is 44.7 Å². The van der Waals surface area contributed by atoms with Crippen molar-refractivity contribution in [3.8, 4) is 0 Å². The number of benzene rings is 1. The minimum absolute atomic E-state index is 0.276. The van der Waals surface area contributed by atoms with Crippen LogP contribution in [0.5, 0.6) is 0 Å². The summed E-state index contributed by atoms with van der Waals surface area (Å²) in [5.41, 5.74) is 3.18. The number of fused-ring (bicyclic) bond motifs is 1. The summed E-state index contributed by atoms with van der Waals surface area (Å²) in [6.45, 7) is 5.39. The standard InChI is InChI=1S/C16H22N4/c1-16(2)9-8-14(12-6-4-5-7-13(12)16)17-10-15-18-11-20(3)19-15/h4-7,11,14,17H,8-10H2,1-3H3. The predicted molar refractivity (Wildman–Crippen MR) is 79.3 cm³/mol. The molecule has 1 heterocycles. The third kappa shape index (κ3) is 2.48. The number of aromatic nitrogens is 3. The van der Waals surface area contributed by atoms with E-state index in [0.717, 1.165) is 18.8 Å². The average molecular weight is 270 g/mol. The molecule has 1 aliphatic rings. The van der Waals surface area contributed by atoms with E-state index in [1.165, 1.54) is 17.5 Å². The summed E-state index contributed by atoms with van der Waals surface area (Å²) in [4.78, 5) is 4.27. The van der Waals surface area contributed by atoms with Crippen LogP contribution >= 0.6 is 0 Å². The van der Waals surface area contributed by atoms with E-state index < -0.39 is 0 Å². The van der Waals surface area contributed by atoms with Crippen LogP contribution in [0.1, 0.15) is 49.7 Å². The van der Waals surface area contributed by atoms with Gasteiger partial charge in [-0.25, -0.2) is 4.98 Å². The molecule has 0 saturated heterocycles. The van der Waals surface area contributed by atoms with Crippen LogP contribution < -0.4 is 5.32 Å². The lowest BCUT2D eigenvalue weighted by Crippen LogP contribution is -2.32. The van der Waals surface area contributed by atoms with E-state index in [-0.39, 0.29) is 5.41 Å². The minimum Gasteiger partial charge on any atom is -0.303 e. The van der Waals surface area contributed by atoms with Crippen molar-refractivity contribution in [3.05, 3.63) is 47.5 Å². The van der Waals surface area contributed by atoms with Gasteiger partial charge in [-0.2, -0.15) is 5.10 Å². The Morgan fingerprint density at radius 1 is 1.35 bits per heavy atom. The molecule has 0 spiro atoms. The molecule has 1 unspecified atom stereocenters. The van der Waals surface area contributed by atoms with Gasteiger partial charge in [0.25, 0.3) is 0 Å². The molecule has 20 heavy (non-hydrogen) atoms. The molecule has 3 rings (SSSR count). The zero-order valence-electron chi connectivity index (χ0n) is 12.4. The largest absolute Gasteiger partial charge is 0.303 e. The summed E-state index contributed by atoms with van der Waals surface area (Å²) >= 11 is 0. The Balaban J connectivity index is 1.78. The summed E-state index contributed by atoms with van der Waals surface area (Å²) < 4.78 is 1.74. The first-order chi connectivity index (χ1) is 9.56. The van der Waals surface area contributed by atoms with Gasteiger partial charge in [0.15, 0.2) is 5.82 Å². The SMILES string of the molecule is Cn1cnc(CNC2CCC(C)(C)c3ccccc32)n1. The van der Waals surface area contributed by atoms with Gasteiger partial charge in [0.1, 0.15) is 6.33 Å². The van der Waals surface area contributed by atoms with Gasteiger partial charge in [-0.15, -0.1) is 0 Å². The van der Waals surface area contributed by atoms with Gasteiger partial charge in [-0.3, -0.25) is 4.68 Å². The molecule has 1 aromatic carbocycles. The van der Waals surface area contributed by atoms with Crippen molar-refractivity contribution >= 4 is 0 Å². The van der Waals surface area contributed by atoms with Gasteiger partial charge in [-0.05, 0) is 29.4 Å². The zero-order chi connectivity index (χ0) is 14.2. The highest BCUT2D eigenvalue weighted by Gasteiger charge is 2.31. The first kappa shape index (κ1) is 13.3. The van der Waals surface area contributed by atoms with E-state index in [4.69, 9.17) is 0 Å². The third-order valence-electron chi connectivity index (χ3n) is 4.28. The molecule has 1 aromatic heterocycles. The molecule has 0 amide bonds. The number of nitrogens with zero attached hydrogens (tertiary/aromatic N) is 3. The number of rotatable bonds is 3. The second-order valence-corrected chi connectivity index (χ2v) is 6.28. The summed E-state index contributed by atoms with van der Waals surface area (Å²) in [6, 6.07) is 9.20. The number of aryl methyl sites for hydroxylation is 1. The van der Waals surface area contributed by atoms with Crippen molar-refractivity contribution in [1.82, 2.24) is 20.1 Å². The first-order valence-corrected chi connectivity index (χ1v) is 7.23.